The Morgan fingerprint density at radius 2 is 1.62 bits per heavy atom. The first-order chi connectivity index (χ1) is 15.4. The van der Waals surface area contributed by atoms with Crippen LogP contribution in [0.15, 0.2) is 58.8 Å². The van der Waals surface area contributed by atoms with Crippen LogP contribution in [-0.2, 0) is 14.8 Å². The molecule has 1 aromatic heterocycles. The first kappa shape index (κ1) is 22.1. The molecule has 0 unspecified atom stereocenters. The van der Waals surface area contributed by atoms with Gasteiger partial charge in [-0.15, -0.1) is 11.3 Å². The highest BCUT2D eigenvalue weighted by molar-refractivity contribution is 7.89. The lowest BCUT2D eigenvalue weighted by Gasteiger charge is -2.15. The minimum absolute atomic E-state index is 0.183. The number of sulfonamides is 1. The van der Waals surface area contributed by atoms with Gasteiger partial charge in [-0.25, -0.2) is 18.2 Å². The lowest BCUT2D eigenvalue weighted by molar-refractivity contribution is 0.0600. The van der Waals surface area contributed by atoms with Crippen LogP contribution in [0.5, 0.6) is 0 Å². The number of anilines is 1. The van der Waals surface area contributed by atoms with Gasteiger partial charge in [0.15, 0.2) is 5.13 Å². The molecule has 1 fully saturated rings. The summed E-state index contributed by atoms with van der Waals surface area (Å²) in [7, 11) is -2.19. The number of amides is 1. The van der Waals surface area contributed by atoms with E-state index in [4.69, 9.17) is 0 Å². The van der Waals surface area contributed by atoms with Crippen molar-refractivity contribution in [2.75, 3.05) is 25.5 Å². The van der Waals surface area contributed by atoms with Gasteiger partial charge in [0.25, 0.3) is 5.91 Å². The Bertz CT molecular complexity index is 1230. The summed E-state index contributed by atoms with van der Waals surface area (Å²) in [4.78, 5) is 28.7. The summed E-state index contributed by atoms with van der Waals surface area (Å²) < 4.78 is 31.4. The Hall–Kier alpha value is -3.08. The highest BCUT2D eigenvalue weighted by atomic mass is 32.2. The third-order valence-electron chi connectivity index (χ3n) is 5.15. The SMILES string of the molecule is COC(=O)c1ccc(-c2csc(NC(=O)c3ccc(S(=O)(=O)N4CCCC4)cc3)n2)cc1. The average molecular weight is 472 g/mol. The van der Waals surface area contributed by atoms with E-state index < -0.39 is 16.0 Å². The van der Waals surface area contributed by atoms with Crippen molar-refractivity contribution in [3.63, 3.8) is 0 Å². The van der Waals surface area contributed by atoms with Gasteiger partial charge in [0, 0.05) is 29.6 Å². The molecule has 10 heteroatoms. The summed E-state index contributed by atoms with van der Waals surface area (Å²) in [6, 6.07) is 12.7. The van der Waals surface area contributed by atoms with Crippen molar-refractivity contribution >= 4 is 38.4 Å². The maximum Gasteiger partial charge on any atom is 0.337 e. The highest BCUT2D eigenvalue weighted by Gasteiger charge is 2.27. The fourth-order valence-corrected chi connectivity index (χ4v) is 5.62. The van der Waals surface area contributed by atoms with E-state index in [1.54, 1.807) is 29.6 Å². The molecule has 2 heterocycles. The minimum atomic E-state index is -3.52. The number of hydrogen-bond donors (Lipinski definition) is 1. The van der Waals surface area contributed by atoms with Crippen LogP contribution in [0, 0.1) is 0 Å². The Balaban J connectivity index is 1.43. The molecule has 3 aromatic rings. The second-order valence-electron chi connectivity index (χ2n) is 7.20. The smallest absolute Gasteiger partial charge is 0.337 e. The molecule has 2 aromatic carbocycles. The molecule has 32 heavy (non-hydrogen) atoms. The zero-order valence-corrected chi connectivity index (χ0v) is 18.9. The Labute approximate surface area is 189 Å². The van der Waals surface area contributed by atoms with E-state index in [1.165, 1.54) is 47.0 Å². The molecule has 166 valence electrons. The molecule has 8 nitrogen and oxygen atoms in total. The van der Waals surface area contributed by atoms with E-state index in [2.05, 4.69) is 15.0 Å². The number of carbonyl (C=O) groups is 2. The number of ether oxygens (including phenoxy) is 1. The standard InChI is InChI=1S/C22H21N3O5S2/c1-30-21(27)17-6-4-15(5-7-17)19-14-31-22(23-19)24-20(26)16-8-10-18(11-9-16)32(28,29)25-12-2-3-13-25/h4-11,14H,2-3,12-13H2,1H3,(H,23,24,26). The van der Waals surface area contributed by atoms with E-state index in [0.29, 0.717) is 35.0 Å². The number of hydrogen-bond acceptors (Lipinski definition) is 7. The van der Waals surface area contributed by atoms with Crippen molar-refractivity contribution in [3.8, 4) is 11.3 Å². The number of thiazole rings is 1. The number of aromatic nitrogens is 1. The van der Waals surface area contributed by atoms with Crippen molar-refractivity contribution in [3.05, 3.63) is 65.0 Å². The number of carbonyl (C=O) groups excluding carboxylic acids is 2. The number of methoxy groups -OCH3 is 1. The molecular formula is C22H21N3O5S2. The molecule has 0 bridgehead atoms. The Kier molecular flexibility index (Phi) is 6.35. The van der Waals surface area contributed by atoms with Gasteiger partial charge in [-0.2, -0.15) is 4.31 Å². The lowest BCUT2D eigenvalue weighted by atomic mass is 10.1. The summed E-state index contributed by atoms with van der Waals surface area (Å²) in [6.07, 6.45) is 1.73. The van der Waals surface area contributed by atoms with Crippen molar-refractivity contribution in [1.82, 2.24) is 9.29 Å². The largest absolute Gasteiger partial charge is 0.465 e. The van der Waals surface area contributed by atoms with Crippen LogP contribution in [-0.4, -0.2) is 49.8 Å². The van der Waals surface area contributed by atoms with Crippen molar-refractivity contribution in [2.24, 2.45) is 0 Å². The minimum Gasteiger partial charge on any atom is -0.465 e. The van der Waals surface area contributed by atoms with Crippen LogP contribution < -0.4 is 5.32 Å². The fourth-order valence-electron chi connectivity index (χ4n) is 3.38. The van der Waals surface area contributed by atoms with Crippen LogP contribution in [0.25, 0.3) is 11.3 Å². The summed E-state index contributed by atoms with van der Waals surface area (Å²) in [5.41, 5.74) is 2.24. The molecule has 0 saturated carbocycles. The fraction of sp³-hybridized carbons (Fsp3) is 0.227. The summed E-state index contributed by atoms with van der Waals surface area (Å²) in [6.45, 7) is 1.06. The molecule has 0 atom stereocenters. The number of benzene rings is 2. The van der Waals surface area contributed by atoms with E-state index >= 15 is 0 Å². The average Bonchev–Trinajstić information content (AvgIpc) is 3.52. The second kappa shape index (κ2) is 9.19. The molecule has 1 N–H and O–H groups in total. The Morgan fingerprint density at radius 1 is 1.00 bits per heavy atom. The van der Waals surface area contributed by atoms with Gasteiger partial charge in [-0.3, -0.25) is 10.1 Å². The van der Waals surface area contributed by atoms with Crippen LogP contribution in [0.1, 0.15) is 33.6 Å². The third kappa shape index (κ3) is 4.57. The zero-order valence-electron chi connectivity index (χ0n) is 17.3. The molecule has 0 radical (unpaired) electrons. The van der Waals surface area contributed by atoms with Gasteiger partial charge >= 0.3 is 5.97 Å². The van der Waals surface area contributed by atoms with E-state index in [1.807, 2.05) is 0 Å². The van der Waals surface area contributed by atoms with Gasteiger partial charge in [0.05, 0.1) is 23.3 Å². The normalized spacial score (nSPS) is 14.3. The molecule has 0 spiro atoms. The number of nitrogens with zero attached hydrogens (tertiary/aromatic N) is 2. The second-order valence-corrected chi connectivity index (χ2v) is 9.99. The van der Waals surface area contributed by atoms with Crippen LogP contribution >= 0.6 is 11.3 Å². The molecule has 0 aliphatic carbocycles. The summed E-state index contributed by atoms with van der Waals surface area (Å²) >= 11 is 1.27. The topological polar surface area (TPSA) is 106 Å². The predicted octanol–water partition coefficient (Wildman–Crippen LogP) is 3.63. The zero-order chi connectivity index (χ0) is 22.7. The maximum atomic E-state index is 12.6. The Morgan fingerprint density at radius 3 is 2.25 bits per heavy atom. The van der Waals surface area contributed by atoms with Crippen molar-refractivity contribution < 1.29 is 22.7 Å². The molecule has 1 amide bonds. The first-order valence-corrected chi connectivity index (χ1v) is 12.3. The molecule has 1 saturated heterocycles. The van der Waals surface area contributed by atoms with Crippen molar-refractivity contribution in [1.29, 1.82) is 0 Å². The molecule has 1 aliphatic heterocycles. The third-order valence-corrected chi connectivity index (χ3v) is 7.82. The van der Waals surface area contributed by atoms with E-state index in [-0.39, 0.29) is 10.8 Å². The van der Waals surface area contributed by atoms with E-state index in [9.17, 15) is 18.0 Å². The number of nitrogens with one attached hydrogen (secondary N) is 1. The summed E-state index contributed by atoms with van der Waals surface area (Å²) in [5.74, 6) is -0.793. The monoisotopic (exact) mass is 471 g/mol. The van der Waals surface area contributed by atoms with Crippen molar-refractivity contribution in [2.45, 2.75) is 17.7 Å². The highest BCUT2D eigenvalue weighted by Crippen LogP contribution is 2.26. The number of rotatable bonds is 6. The predicted molar refractivity (Wildman–Crippen MR) is 121 cm³/mol. The van der Waals surface area contributed by atoms with Crippen LogP contribution in [0.4, 0.5) is 5.13 Å². The van der Waals surface area contributed by atoms with Gasteiger partial charge in [-0.1, -0.05) is 12.1 Å². The summed E-state index contributed by atoms with van der Waals surface area (Å²) in [5, 5.41) is 4.95. The van der Waals surface area contributed by atoms with Gasteiger partial charge in [0.1, 0.15) is 0 Å². The maximum absolute atomic E-state index is 12.6. The van der Waals surface area contributed by atoms with Gasteiger partial charge < -0.3 is 4.74 Å². The van der Waals surface area contributed by atoms with E-state index in [0.717, 1.165) is 18.4 Å². The molecule has 1 aliphatic rings. The van der Waals surface area contributed by atoms with Crippen LogP contribution in [0.2, 0.25) is 0 Å². The molecule has 4 rings (SSSR count). The first-order valence-electron chi connectivity index (χ1n) is 9.94. The quantitative estimate of drug-likeness (QED) is 0.551. The lowest BCUT2D eigenvalue weighted by Crippen LogP contribution is -2.27. The van der Waals surface area contributed by atoms with Crippen LogP contribution in [0.3, 0.4) is 0 Å². The van der Waals surface area contributed by atoms with Gasteiger partial charge in [-0.05, 0) is 49.2 Å². The number of esters is 1. The molecular weight excluding hydrogens is 450 g/mol. The van der Waals surface area contributed by atoms with Gasteiger partial charge in [0.2, 0.25) is 10.0 Å².